The molecule has 23 aromatic carbocycles. The Labute approximate surface area is 814 Å². The summed E-state index contributed by atoms with van der Waals surface area (Å²) in [6, 6.07) is 170. The van der Waals surface area contributed by atoms with Gasteiger partial charge >= 0.3 is 0 Å². The van der Waals surface area contributed by atoms with Crippen LogP contribution in [0.2, 0.25) is 0 Å². The third kappa shape index (κ3) is 11.9. The lowest BCUT2D eigenvalue weighted by atomic mass is 9.79. The number of para-hydroxylation sites is 10. The number of fused-ring (bicyclic) bond motifs is 28. The van der Waals surface area contributed by atoms with Crippen LogP contribution in [0.3, 0.4) is 0 Å². The normalized spacial score (nSPS) is 12.6. The van der Waals surface area contributed by atoms with Crippen molar-refractivity contribution in [2.45, 2.75) is 19.3 Å². The highest BCUT2D eigenvalue weighted by atomic mass is 15.0. The van der Waals surface area contributed by atoms with E-state index in [1.807, 2.05) is 18.2 Å². The van der Waals surface area contributed by atoms with Gasteiger partial charge in [-0.2, -0.15) is 0 Å². The Morgan fingerprint density at radius 3 is 1.10 bits per heavy atom. The number of hydrogen-bond donors (Lipinski definition) is 0. The number of hydrogen-bond acceptors (Lipinski definition) is 4. The van der Waals surface area contributed by atoms with Gasteiger partial charge in [0.05, 0.1) is 106 Å². The van der Waals surface area contributed by atoms with Crippen molar-refractivity contribution >= 4 is 196 Å². The average Bonchev–Trinajstić information content (AvgIpc) is 1.57. The smallest absolute Gasteiger partial charge is 0.0976 e. The molecule has 0 saturated heterocycles. The van der Waals surface area contributed by atoms with Crippen molar-refractivity contribution in [3.05, 3.63) is 478 Å². The summed E-state index contributed by atoms with van der Waals surface area (Å²) in [5.74, 6) is 0. The summed E-state index contributed by atoms with van der Waals surface area (Å²) in [6.07, 6.45) is 0. The van der Waals surface area contributed by atoms with Gasteiger partial charge < -0.3 is 22.8 Å². The first-order valence-corrected chi connectivity index (χ1v) is 48.9. The van der Waals surface area contributed by atoms with E-state index in [9.17, 15) is 0 Å². The van der Waals surface area contributed by atoms with E-state index < -0.39 is 0 Å². The predicted octanol–water partition coefficient (Wildman–Crippen LogP) is 34.6. The Morgan fingerprint density at radius 2 is 0.528 bits per heavy atom. The lowest BCUT2D eigenvalue weighted by molar-refractivity contribution is 0.662. The van der Waals surface area contributed by atoms with E-state index in [0.717, 1.165) is 117 Å². The maximum absolute atomic E-state index is 5.45. The quantitative estimate of drug-likeness (QED) is 0.144. The molecule has 1 aliphatic rings. The minimum absolute atomic E-state index is 0.205. The summed E-state index contributed by atoms with van der Waals surface area (Å²) in [4.78, 5) is 21.6. The van der Waals surface area contributed by atoms with Crippen LogP contribution >= 0.6 is 0 Å². The van der Waals surface area contributed by atoms with Crippen molar-refractivity contribution in [2.75, 3.05) is 0 Å². The molecule has 9 heteroatoms. The highest BCUT2D eigenvalue weighted by Crippen LogP contribution is 2.54. The Hall–Kier alpha value is -18.7. The second-order valence-corrected chi connectivity index (χ2v) is 38.7. The predicted molar refractivity (Wildman–Crippen MR) is 595 cm³/mol. The molecule has 0 amide bonds. The molecule has 7 heterocycles. The van der Waals surface area contributed by atoms with E-state index in [1.54, 1.807) is 0 Å². The van der Waals surface area contributed by atoms with E-state index in [0.29, 0.717) is 0 Å². The zero-order valence-corrected chi connectivity index (χ0v) is 77.5. The highest BCUT2D eigenvalue weighted by Gasteiger charge is 2.39. The zero-order chi connectivity index (χ0) is 93.3. The second-order valence-electron chi connectivity index (χ2n) is 38.7. The van der Waals surface area contributed by atoms with Gasteiger partial charge in [-0.05, 0) is 228 Å². The van der Waals surface area contributed by atoms with E-state index in [-0.39, 0.29) is 5.41 Å². The topological polar surface area (TPSA) is 76.2 Å². The lowest BCUT2D eigenvalue weighted by Crippen LogP contribution is -2.16. The molecule has 660 valence electrons. The van der Waals surface area contributed by atoms with E-state index in [1.165, 1.54) is 174 Å². The molecule has 0 N–H and O–H groups in total. The molecule has 7 aromatic heterocycles. The molecule has 31 rings (SSSR count). The van der Waals surface area contributed by atoms with Crippen LogP contribution in [0.25, 0.3) is 280 Å². The fourth-order valence-corrected chi connectivity index (χ4v) is 24.2. The number of nitrogens with zero attached hydrogens (tertiary/aromatic N) is 9. The van der Waals surface area contributed by atoms with Crippen LogP contribution in [0, 0.1) is 0 Å². The minimum atomic E-state index is -0.205. The van der Waals surface area contributed by atoms with Gasteiger partial charge in [-0.15, -0.1) is 0 Å². The molecule has 0 fully saturated rings. The van der Waals surface area contributed by atoms with Gasteiger partial charge in [-0.25, -0.2) is 19.9 Å². The van der Waals surface area contributed by atoms with Gasteiger partial charge in [0.25, 0.3) is 0 Å². The molecule has 142 heavy (non-hydrogen) atoms. The first kappa shape index (κ1) is 79.5. The number of rotatable bonds is 9. The monoisotopic (exact) mass is 1810 g/mol. The summed E-state index contributed by atoms with van der Waals surface area (Å²) in [5.41, 5.74) is 33.9. The highest BCUT2D eigenvalue weighted by molar-refractivity contribution is 6.23. The molecule has 1 aliphatic carbocycles. The van der Waals surface area contributed by atoms with Gasteiger partial charge in [0.2, 0.25) is 0 Å². The van der Waals surface area contributed by atoms with Crippen molar-refractivity contribution in [2.24, 2.45) is 0 Å². The van der Waals surface area contributed by atoms with Crippen LogP contribution < -0.4 is 0 Å². The molecule has 9 nitrogen and oxygen atoms in total. The molecule has 0 saturated carbocycles. The van der Waals surface area contributed by atoms with E-state index >= 15 is 0 Å². The largest absolute Gasteiger partial charge is 0.309 e. The van der Waals surface area contributed by atoms with Crippen LogP contribution in [0.5, 0.6) is 0 Å². The molecular weight excluding hydrogens is 1720 g/mol. The van der Waals surface area contributed by atoms with E-state index in [4.69, 9.17) is 19.9 Å². The van der Waals surface area contributed by atoms with E-state index in [2.05, 4.69) is 486 Å². The lowest BCUT2D eigenvalue weighted by Gasteiger charge is -2.25. The Bertz CT molecular complexity index is 10700. The van der Waals surface area contributed by atoms with Gasteiger partial charge in [-0.1, -0.05) is 323 Å². The van der Waals surface area contributed by atoms with Crippen molar-refractivity contribution in [1.29, 1.82) is 0 Å². The first-order valence-electron chi connectivity index (χ1n) is 48.9. The van der Waals surface area contributed by atoms with Crippen LogP contribution in [0.4, 0.5) is 0 Å². The molecular formula is C133H83N9. The zero-order valence-electron chi connectivity index (χ0n) is 77.5. The molecule has 0 aliphatic heterocycles. The summed E-state index contributed by atoms with van der Waals surface area (Å²) in [6.45, 7) is 4.69. The average molecular weight is 1810 g/mol. The third-order valence-corrected chi connectivity index (χ3v) is 30.5. The fraction of sp³-hybridized carbons (Fsp3) is 0.0226. The minimum Gasteiger partial charge on any atom is -0.309 e. The maximum Gasteiger partial charge on any atom is 0.0976 e. The van der Waals surface area contributed by atoms with Crippen molar-refractivity contribution in [1.82, 2.24) is 42.8 Å². The second kappa shape index (κ2) is 30.7. The summed E-state index contributed by atoms with van der Waals surface area (Å²) in [7, 11) is 0. The number of aromatic nitrogens is 9. The molecule has 0 atom stereocenters. The summed E-state index contributed by atoms with van der Waals surface area (Å²) in [5, 5.41) is 26.8. The fourth-order valence-electron chi connectivity index (χ4n) is 24.2. The molecule has 0 spiro atoms. The third-order valence-electron chi connectivity index (χ3n) is 30.5. The molecule has 0 bridgehead atoms. The first-order chi connectivity index (χ1) is 70.2. The van der Waals surface area contributed by atoms with Gasteiger partial charge in [-0.3, -0.25) is 0 Å². The van der Waals surface area contributed by atoms with Crippen LogP contribution in [0.1, 0.15) is 25.0 Å². The van der Waals surface area contributed by atoms with Gasteiger partial charge in [0.15, 0.2) is 0 Å². The summed E-state index contributed by atoms with van der Waals surface area (Å²) >= 11 is 0. The number of benzene rings is 23. The molecule has 0 radical (unpaired) electrons. The standard InChI is InChI=1S/C68H41N5.C65H42N4/c1-2-15-49(16-3-1)71-61-23-11-7-19-54(61)57-39-47(31-35-64(57)71)67-66(69-59-21-9-10-22-60(59)70-67)46-27-26-44-37-50(32-28-43(44)36-46)72-62-24-12-8-20-55(62)58-40-48-38-51(33-29-45(48)41-65(58)72)73-63-25-13-6-18-53(63)56-34-30-42-14-4-5-17-52(42)68(56)73;1-65(2)54-23-8-5-18-47(54)50-21-14-22-52(61(50)65)63-62(66-55-24-9-10-25-56(55)67-63)42-31-33-45-41(35-42)16-13-28-57(45)69-59-27-12-7-20-49(59)53-37-43-36-44(32-29-40(43)38-60(53)69)68-58-26-11-6-19-48(58)51-34-30-39-15-3-4-17-46(39)64(51)68/h1-41H;3-38H,1-2H3. The van der Waals surface area contributed by atoms with Crippen LogP contribution in [-0.4, -0.2) is 42.8 Å². The van der Waals surface area contributed by atoms with Crippen molar-refractivity contribution in [3.63, 3.8) is 0 Å². The maximum atomic E-state index is 5.45. The molecule has 30 aromatic rings. The van der Waals surface area contributed by atoms with Crippen molar-refractivity contribution < 1.29 is 0 Å². The van der Waals surface area contributed by atoms with Gasteiger partial charge in [0.1, 0.15) is 0 Å². The Kier molecular flexibility index (Phi) is 17.2. The Balaban J connectivity index is 0.000000133. The summed E-state index contributed by atoms with van der Waals surface area (Å²) < 4.78 is 12.2. The SMILES string of the molecule is CC1(C)c2ccccc2-c2cccc(-c3nc4ccccc4nc3-c3ccc4c(-n5c6ccccc6c6cc7cc(-n8c9ccccc9c9ccc%10ccccc%10c98)ccc7cc65)cccc4c3)c21.c1ccc(-n2c3ccccc3c3cc(-c4nc5ccccc5nc4-c4ccc5cc(-n6c7ccccc7c7cc8cc(-n9c%10ccccc%10c%10ccc%11ccccc%11c%109)ccc8cc76)ccc5c4)ccc32)cc1. The molecule has 0 unspecified atom stereocenters. The van der Waals surface area contributed by atoms with Crippen LogP contribution in [-0.2, 0) is 5.41 Å². The van der Waals surface area contributed by atoms with Crippen LogP contribution in [0.15, 0.2) is 467 Å². The Morgan fingerprint density at radius 1 is 0.176 bits per heavy atom. The van der Waals surface area contributed by atoms with Gasteiger partial charge in [0, 0.05) is 120 Å². The van der Waals surface area contributed by atoms with Crippen molar-refractivity contribution in [3.8, 4) is 84.6 Å².